The van der Waals surface area contributed by atoms with Gasteiger partial charge in [0.2, 0.25) is 5.95 Å². The van der Waals surface area contributed by atoms with Crippen LogP contribution in [0.3, 0.4) is 0 Å². The molecule has 3 N–H and O–H groups in total. The first-order valence-electron chi connectivity index (χ1n) is 9.95. The van der Waals surface area contributed by atoms with Crippen LogP contribution in [0.15, 0.2) is 36.5 Å². The molecule has 1 atom stereocenters. The topological polar surface area (TPSA) is 86.3 Å². The molecule has 0 bridgehead atoms. The Morgan fingerprint density at radius 2 is 2.14 bits per heavy atom. The molecule has 28 heavy (non-hydrogen) atoms. The number of ether oxygens (including phenoxy) is 1. The quantitative estimate of drug-likeness (QED) is 0.609. The van der Waals surface area contributed by atoms with Gasteiger partial charge in [0.1, 0.15) is 5.82 Å². The largest absolute Gasteiger partial charge is 0.389 e. The maximum absolute atomic E-state index is 9.63. The number of fused-ring (bicyclic) bond motifs is 1. The van der Waals surface area contributed by atoms with Crippen molar-refractivity contribution in [3.63, 3.8) is 0 Å². The van der Waals surface area contributed by atoms with Gasteiger partial charge in [-0.05, 0) is 24.5 Å². The van der Waals surface area contributed by atoms with Crippen molar-refractivity contribution >= 4 is 22.7 Å². The predicted octanol–water partition coefficient (Wildman–Crippen LogP) is 2.30. The molecule has 2 aliphatic heterocycles. The third-order valence-corrected chi connectivity index (χ3v) is 5.60. The van der Waals surface area contributed by atoms with Crippen LogP contribution in [0.1, 0.15) is 23.6 Å². The smallest absolute Gasteiger partial charge is 0.227 e. The Bertz CT molecular complexity index is 960. The third kappa shape index (κ3) is 3.43. The van der Waals surface area contributed by atoms with E-state index in [-0.39, 0.29) is 6.10 Å². The van der Waals surface area contributed by atoms with Gasteiger partial charge in [-0.3, -0.25) is 0 Å². The van der Waals surface area contributed by atoms with E-state index in [4.69, 9.17) is 9.72 Å². The molecule has 4 heterocycles. The number of benzene rings is 1. The summed E-state index contributed by atoms with van der Waals surface area (Å²) in [4.78, 5) is 14.8. The SMILES string of the molecule is OC1CN(c2nc(NCCc3c[nH]c4ccccc34)cc([C@@H]3CCOC3)n2)C1. The molecule has 0 unspecified atom stereocenters. The van der Waals surface area contributed by atoms with E-state index in [1.807, 2.05) is 17.0 Å². The maximum atomic E-state index is 9.63. The zero-order valence-corrected chi connectivity index (χ0v) is 15.8. The summed E-state index contributed by atoms with van der Waals surface area (Å²) in [6.07, 6.45) is 3.71. The van der Waals surface area contributed by atoms with E-state index in [9.17, 15) is 5.11 Å². The summed E-state index contributed by atoms with van der Waals surface area (Å²) >= 11 is 0. The minimum atomic E-state index is -0.277. The lowest BCUT2D eigenvalue weighted by atomic mass is 10.0. The maximum Gasteiger partial charge on any atom is 0.227 e. The molecular weight excluding hydrogens is 354 g/mol. The Morgan fingerprint density at radius 3 is 2.96 bits per heavy atom. The molecule has 0 amide bonds. The van der Waals surface area contributed by atoms with Crippen molar-refractivity contribution < 1.29 is 9.84 Å². The summed E-state index contributed by atoms with van der Waals surface area (Å²) < 4.78 is 5.54. The Labute approximate surface area is 163 Å². The molecule has 0 spiro atoms. The van der Waals surface area contributed by atoms with Gasteiger partial charge in [-0.15, -0.1) is 0 Å². The second-order valence-corrected chi connectivity index (χ2v) is 7.63. The van der Waals surface area contributed by atoms with Crippen molar-refractivity contribution in [1.82, 2.24) is 15.0 Å². The highest BCUT2D eigenvalue weighted by molar-refractivity contribution is 5.83. The van der Waals surface area contributed by atoms with E-state index in [0.29, 0.717) is 31.6 Å². The summed E-state index contributed by atoms with van der Waals surface area (Å²) in [5, 5.41) is 14.4. The number of aromatic amines is 1. The lowest BCUT2D eigenvalue weighted by Gasteiger charge is -2.36. The standard InChI is InChI=1S/C21H25N5O2/c27-16-11-26(12-16)21-24-19(15-6-8-28-13-15)9-20(25-21)22-7-5-14-10-23-18-4-2-1-3-17(14)18/h1-4,9-10,15-16,23,27H,5-8,11-13H2,(H,22,24,25)/t15-/m1/s1. The molecule has 1 aromatic carbocycles. The summed E-state index contributed by atoms with van der Waals surface area (Å²) in [5.74, 6) is 1.86. The fourth-order valence-electron chi connectivity index (χ4n) is 3.94. The lowest BCUT2D eigenvalue weighted by Crippen LogP contribution is -2.51. The van der Waals surface area contributed by atoms with Gasteiger partial charge in [-0.2, -0.15) is 4.98 Å². The Balaban J connectivity index is 1.32. The van der Waals surface area contributed by atoms with Gasteiger partial charge in [-0.25, -0.2) is 4.98 Å². The van der Waals surface area contributed by atoms with Crippen molar-refractivity contribution in [3.8, 4) is 0 Å². The second kappa shape index (κ2) is 7.41. The van der Waals surface area contributed by atoms with Crippen LogP contribution in [0.2, 0.25) is 0 Å². The van der Waals surface area contributed by atoms with Crippen LogP contribution < -0.4 is 10.2 Å². The number of hydrogen-bond donors (Lipinski definition) is 3. The van der Waals surface area contributed by atoms with Crippen LogP contribution in [0.5, 0.6) is 0 Å². The molecule has 0 saturated carbocycles. The number of anilines is 2. The van der Waals surface area contributed by atoms with Crippen LogP contribution in [-0.4, -0.2) is 59.0 Å². The summed E-state index contributed by atoms with van der Waals surface area (Å²) in [5.41, 5.74) is 3.49. The highest BCUT2D eigenvalue weighted by Gasteiger charge is 2.28. The normalized spacial score (nSPS) is 19.9. The zero-order chi connectivity index (χ0) is 18.9. The number of β-amino-alcohol motifs (C(OH)–C–C–N with tert-alkyl or cyclic N) is 1. The number of aliphatic hydroxyl groups is 1. The van der Waals surface area contributed by atoms with Gasteiger partial charge in [-0.1, -0.05) is 18.2 Å². The van der Waals surface area contributed by atoms with Gasteiger partial charge >= 0.3 is 0 Å². The second-order valence-electron chi connectivity index (χ2n) is 7.63. The van der Waals surface area contributed by atoms with E-state index < -0.39 is 0 Å². The van der Waals surface area contributed by atoms with E-state index >= 15 is 0 Å². The summed E-state index contributed by atoms with van der Waals surface area (Å²) in [7, 11) is 0. The van der Waals surface area contributed by atoms with Crippen molar-refractivity contribution in [3.05, 3.63) is 47.8 Å². The average Bonchev–Trinajstić information content (AvgIpc) is 3.36. The minimum absolute atomic E-state index is 0.277. The molecule has 5 rings (SSSR count). The lowest BCUT2D eigenvalue weighted by molar-refractivity contribution is 0.140. The van der Waals surface area contributed by atoms with Crippen LogP contribution >= 0.6 is 0 Å². The van der Waals surface area contributed by atoms with Gasteiger partial charge < -0.3 is 25.0 Å². The van der Waals surface area contributed by atoms with Crippen LogP contribution in [-0.2, 0) is 11.2 Å². The first-order chi connectivity index (χ1) is 13.8. The fraction of sp³-hybridized carbons (Fsp3) is 0.429. The molecular formula is C21H25N5O2. The predicted molar refractivity (Wildman–Crippen MR) is 109 cm³/mol. The van der Waals surface area contributed by atoms with Gasteiger partial charge in [0.25, 0.3) is 0 Å². The Morgan fingerprint density at radius 1 is 1.25 bits per heavy atom. The number of aliphatic hydroxyl groups excluding tert-OH is 1. The number of H-pyrrole nitrogens is 1. The van der Waals surface area contributed by atoms with E-state index in [1.165, 1.54) is 16.5 Å². The van der Waals surface area contributed by atoms with Crippen LogP contribution in [0, 0.1) is 0 Å². The highest BCUT2D eigenvalue weighted by Crippen LogP contribution is 2.28. The summed E-state index contributed by atoms with van der Waals surface area (Å²) in [6.45, 7) is 3.49. The van der Waals surface area contributed by atoms with E-state index in [2.05, 4.69) is 39.7 Å². The number of nitrogens with one attached hydrogen (secondary N) is 2. The third-order valence-electron chi connectivity index (χ3n) is 5.60. The zero-order valence-electron chi connectivity index (χ0n) is 15.8. The van der Waals surface area contributed by atoms with Crippen molar-refractivity contribution in [2.75, 3.05) is 43.1 Å². The number of rotatable bonds is 6. The molecule has 0 radical (unpaired) electrons. The Hall–Kier alpha value is -2.64. The monoisotopic (exact) mass is 379 g/mol. The molecule has 2 fully saturated rings. The molecule has 2 saturated heterocycles. The Kier molecular flexibility index (Phi) is 4.62. The molecule has 0 aliphatic carbocycles. The molecule has 146 valence electrons. The van der Waals surface area contributed by atoms with Gasteiger partial charge in [0.15, 0.2) is 0 Å². The highest BCUT2D eigenvalue weighted by atomic mass is 16.5. The van der Waals surface area contributed by atoms with Gasteiger partial charge in [0.05, 0.1) is 18.4 Å². The molecule has 7 nitrogen and oxygen atoms in total. The summed E-state index contributed by atoms with van der Waals surface area (Å²) in [6, 6.07) is 10.4. The van der Waals surface area contributed by atoms with Crippen LogP contribution in [0.25, 0.3) is 10.9 Å². The number of nitrogens with zero attached hydrogens (tertiary/aromatic N) is 3. The van der Waals surface area contributed by atoms with Crippen LogP contribution in [0.4, 0.5) is 11.8 Å². The fourth-order valence-corrected chi connectivity index (χ4v) is 3.94. The first-order valence-corrected chi connectivity index (χ1v) is 9.95. The molecule has 3 aromatic rings. The first kappa shape index (κ1) is 17.5. The number of hydrogen-bond acceptors (Lipinski definition) is 6. The van der Waals surface area contributed by atoms with E-state index in [1.54, 1.807) is 0 Å². The van der Waals surface area contributed by atoms with E-state index in [0.717, 1.165) is 37.5 Å². The van der Waals surface area contributed by atoms with Crippen molar-refractivity contribution in [2.24, 2.45) is 0 Å². The number of aromatic nitrogens is 3. The number of para-hydroxylation sites is 1. The van der Waals surface area contributed by atoms with Gasteiger partial charge in [0, 0.05) is 55.3 Å². The van der Waals surface area contributed by atoms with Crippen molar-refractivity contribution in [1.29, 1.82) is 0 Å². The molecule has 2 aromatic heterocycles. The average molecular weight is 379 g/mol. The molecule has 7 heteroatoms. The minimum Gasteiger partial charge on any atom is -0.389 e. The van der Waals surface area contributed by atoms with Crippen molar-refractivity contribution in [2.45, 2.75) is 24.9 Å². The molecule has 2 aliphatic rings.